The number of oxazole rings is 1. The molecule has 0 aliphatic carbocycles. The van der Waals surface area contributed by atoms with Crippen LogP contribution in [0.15, 0.2) is 34.9 Å². The largest absolute Gasteiger partial charge is 0.494 e. The van der Waals surface area contributed by atoms with Gasteiger partial charge in [-0.15, -0.1) is 0 Å². The summed E-state index contributed by atoms with van der Waals surface area (Å²) in [7, 11) is 1.26. The Morgan fingerprint density at radius 1 is 1.17 bits per heavy atom. The number of anilines is 1. The molecule has 1 aromatic carbocycles. The van der Waals surface area contributed by atoms with Crippen LogP contribution >= 0.6 is 0 Å². The normalized spacial score (nSPS) is 10.4. The van der Waals surface area contributed by atoms with E-state index in [0.29, 0.717) is 38.5 Å². The van der Waals surface area contributed by atoms with Crippen molar-refractivity contribution >= 4 is 17.7 Å². The van der Waals surface area contributed by atoms with Crippen LogP contribution in [0, 0.1) is 0 Å². The molecule has 9 nitrogen and oxygen atoms in total. The van der Waals surface area contributed by atoms with Crippen LogP contribution in [-0.4, -0.2) is 55.4 Å². The third kappa shape index (κ3) is 7.11. The zero-order chi connectivity index (χ0) is 21.1. The van der Waals surface area contributed by atoms with Gasteiger partial charge in [-0.05, 0) is 44.5 Å². The van der Waals surface area contributed by atoms with Crippen LogP contribution in [0.3, 0.4) is 0 Å². The van der Waals surface area contributed by atoms with Gasteiger partial charge < -0.3 is 28.8 Å². The number of carbonyl (C=O) groups is 2. The van der Waals surface area contributed by atoms with Crippen molar-refractivity contribution in [2.24, 2.45) is 0 Å². The van der Waals surface area contributed by atoms with Crippen molar-refractivity contribution < 1.29 is 28.2 Å². The molecule has 0 aliphatic heterocycles. The summed E-state index contributed by atoms with van der Waals surface area (Å²) in [5.41, 5.74) is 0.694. The van der Waals surface area contributed by atoms with E-state index in [4.69, 9.17) is 13.9 Å². The molecule has 0 saturated heterocycles. The van der Waals surface area contributed by atoms with Crippen molar-refractivity contribution in [2.45, 2.75) is 26.8 Å². The van der Waals surface area contributed by atoms with E-state index in [1.54, 1.807) is 29.2 Å². The molecule has 0 fully saturated rings. The zero-order valence-electron chi connectivity index (χ0n) is 17.0. The lowest BCUT2D eigenvalue weighted by Gasteiger charge is -2.21. The Bertz CT molecular complexity index is 775. The average molecular weight is 405 g/mol. The maximum atomic E-state index is 12.8. The van der Waals surface area contributed by atoms with Gasteiger partial charge in [0, 0.05) is 25.4 Å². The lowest BCUT2D eigenvalue weighted by molar-refractivity contribution is 0.0594. The Hall–Kier alpha value is -3.07. The maximum Gasteiger partial charge on any atom is 0.360 e. The average Bonchev–Trinajstić information content (AvgIpc) is 3.20. The summed E-state index contributed by atoms with van der Waals surface area (Å²) in [6.45, 7) is 6.07. The lowest BCUT2D eigenvalue weighted by Crippen LogP contribution is -2.35. The number of nitrogens with one attached hydrogen (secondary N) is 1. The Balaban J connectivity index is 2.04. The molecule has 2 amide bonds. The quantitative estimate of drug-likeness (QED) is 0.452. The van der Waals surface area contributed by atoms with Crippen LogP contribution in [0.1, 0.15) is 36.6 Å². The zero-order valence-corrected chi connectivity index (χ0v) is 17.0. The van der Waals surface area contributed by atoms with Gasteiger partial charge in [0.15, 0.2) is 5.69 Å². The topological polar surface area (TPSA) is 103 Å². The van der Waals surface area contributed by atoms with Gasteiger partial charge in [0.25, 0.3) is 0 Å². The van der Waals surface area contributed by atoms with E-state index < -0.39 is 5.97 Å². The smallest absolute Gasteiger partial charge is 0.360 e. The molecule has 1 aromatic heterocycles. The summed E-state index contributed by atoms with van der Waals surface area (Å²) in [5, 5.41) is 2.84. The van der Waals surface area contributed by atoms with Crippen LogP contribution in [-0.2, 0) is 16.0 Å². The SMILES string of the molecule is CCOCCCN(Cc1nc(C(=O)OC)co1)C(=O)Nc1ccc(OCC)cc1. The highest BCUT2D eigenvalue weighted by molar-refractivity contribution is 5.89. The van der Waals surface area contributed by atoms with E-state index in [9.17, 15) is 9.59 Å². The highest BCUT2D eigenvalue weighted by atomic mass is 16.5. The predicted molar refractivity (Wildman–Crippen MR) is 106 cm³/mol. The van der Waals surface area contributed by atoms with Crippen LogP contribution in [0.5, 0.6) is 5.75 Å². The molecule has 2 rings (SSSR count). The van der Waals surface area contributed by atoms with Gasteiger partial charge in [-0.1, -0.05) is 0 Å². The number of amides is 2. The molecule has 29 heavy (non-hydrogen) atoms. The number of hydrogen-bond acceptors (Lipinski definition) is 7. The number of methoxy groups -OCH3 is 1. The highest BCUT2D eigenvalue weighted by Gasteiger charge is 2.19. The molecule has 0 saturated carbocycles. The number of nitrogens with zero attached hydrogens (tertiary/aromatic N) is 2. The van der Waals surface area contributed by atoms with E-state index in [1.807, 2.05) is 13.8 Å². The van der Waals surface area contributed by atoms with Crippen molar-refractivity contribution in [3.05, 3.63) is 42.1 Å². The van der Waals surface area contributed by atoms with Crippen LogP contribution < -0.4 is 10.1 Å². The first-order valence-electron chi connectivity index (χ1n) is 9.46. The standard InChI is InChI=1S/C20H27N3O6/c1-4-27-12-6-11-23(13-18-22-17(14-29-18)19(24)26-3)20(25)21-15-7-9-16(10-8-15)28-5-2/h7-10,14H,4-6,11-13H2,1-3H3,(H,21,25). The number of ether oxygens (including phenoxy) is 3. The van der Waals surface area contributed by atoms with Gasteiger partial charge >= 0.3 is 12.0 Å². The Morgan fingerprint density at radius 2 is 1.93 bits per heavy atom. The minimum Gasteiger partial charge on any atom is -0.494 e. The van der Waals surface area contributed by atoms with Crippen molar-refractivity contribution in [2.75, 3.05) is 38.8 Å². The molecule has 0 unspecified atom stereocenters. The van der Waals surface area contributed by atoms with Gasteiger partial charge in [-0.3, -0.25) is 0 Å². The van der Waals surface area contributed by atoms with Gasteiger partial charge in [0.2, 0.25) is 5.89 Å². The molecule has 2 aromatic rings. The summed E-state index contributed by atoms with van der Waals surface area (Å²) < 4.78 is 20.7. The Labute approximate surface area is 169 Å². The van der Waals surface area contributed by atoms with Crippen LogP contribution in [0.2, 0.25) is 0 Å². The van der Waals surface area contributed by atoms with Crippen LogP contribution in [0.25, 0.3) is 0 Å². The molecule has 0 atom stereocenters. The molecular weight excluding hydrogens is 378 g/mol. The fraction of sp³-hybridized carbons (Fsp3) is 0.450. The minimum absolute atomic E-state index is 0.0590. The number of esters is 1. The van der Waals surface area contributed by atoms with Crippen molar-refractivity contribution in [3.63, 3.8) is 0 Å². The Morgan fingerprint density at radius 3 is 2.59 bits per heavy atom. The van der Waals surface area contributed by atoms with Gasteiger partial charge in [-0.25, -0.2) is 14.6 Å². The fourth-order valence-corrected chi connectivity index (χ4v) is 2.50. The predicted octanol–water partition coefficient (Wildman–Crippen LogP) is 3.32. The monoisotopic (exact) mass is 405 g/mol. The molecule has 1 heterocycles. The number of benzene rings is 1. The van der Waals surface area contributed by atoms with Gasteiger partial charge in [-0.2, -0.15) is 0 Å². The molecule has 0 radical (unpaired) electrons. The number of urea groups is 1. The van der Waals surface area contributed by atoms with E-state index in [-0.39, 0.29) is 24.2 Å². The van der Waals surface area contributed by atoms with Crippen molar-refractivity contribution in [3.8, 4) is 5.75 Å². The van der Waals surface area contributed by atoms with E-state index in [0.717, 1.165) is 5.75 Å². The second-order valence-electron chi connectivity index (χ2n) is 5.98. The first kappa shape index (κ1) is 22.2. The summed E-state index contributed by atoms with van der Waals surface area (Å²) >= 11 is 0. The maximum absolute atomic E-state index is 12.8. The van der Waals surface area contributed by atoms with Crippen molar-refractivity contribution in [1.82, 2.24) is 9.88 Å². The van der Waals surface area contributed by atoms with E-state index >= 15 is 0 Å². The number of hydrogen-bond donors (Lipinski definition) is 1. The molecule has 1 N–H and O–H groups in total. The number of rotatable bonds is 11. The molecule has 9 heteroatoms. The highest BCUT2D eigenvalue weighted by Crippen LogP contribution is 2.17. The fourth-order valence-electron chi connectivity index (χ4n) is 2.50. The molecule has 0 bridgehead atoms. The molecule has 158 valence electrons. The molecule has 0 spiro atoms. The van der Waals surface area contributed by atoms with Crippen LogP contribution in [0.4, 0.5) is 10.5 Å². The summed E-state index contributed by atoms with van der Waals surface area (Å²) in [6, 6.07) is 6.79. The third-order valence-corrected chi connectivity index (χ3v) is 3.90. The Kier molecular flexibility index (Phi) is 8.97. The third-order valence-electron chi connectivity index (χ3n) is 3.90. The number of aromatic nitrogens is 1. The van der Waals surface area contributed by atoms with Crippen molar-refractivity contribution in [1.29, 1.82) is 0 Å². The molecule has 0 aliphatic rings. The summed E-state index contributed by atoms with van der Waals surface area (Å²) in [6.07, 6.45) is 1.86. The lowest BCUT2D eigenvalue weighted by atomic mass is 10.3. The summed E-state index contributed by atoms with van der Waals surface area (Å²) in [4.78, 5) is 29.9. The van der Waals surface area contributed by atoms with E-state index in [1.165, 1.54) is 13.4 Å². The first-order valence-corrected chi connectivity index (χ1v) is 9.46. The summed E-state index contributed by atoms with van der Waals surface area (Å²) in [5.74, 6) is 0.375. The first-order chi connectivity index (χ1) is 14.1. The second kappa shape index (κ2) is 11.7. The number of carbonyl (C=O) groups excluding carboxylic acids is 2. The van der Waals surface area contributed by atoms with Gasteiger partial charge in [0.1, 0.15) is 12.0 Å². The van der Waals surface area contributed by atoms with Gasteiger partial charge in [0.05, 0.1) is 20.3 Å². The van der Waals surface area contributed by atoms with E-state index in [2.05, 4.69) is 15.0 Å². The second-order valence-corrected chi connectivity index (χ2v) is 5.98. The minimum atomic E-state index is -0.596. The molecular formula is C20H27N3O6.